The molecule has 0 aliphatic carbocycles. The Morgan fingerprint density at radius 3 is 2.34 bits per heavy atom. The van der Waals surface area contributed by atoms with E-state index in [9.17, 15) is 9.90 Å². The smallest absolute Gasteiger partial charge is 0.305 e. The zero-order valence-corrected chi connectivity index (χ0v) is 20.1. The highest BCUT2D eigenvalue weighted by Gasteiger charge is 2.12. The number of nitrogens with one attached hydrogen (secondary N) is 1. The van der Waals surface area contributed by atoms with Crippen LogP contribution in [0, 0.1) is 13.8 Å². The first-order valence-electron chi connectivity index (χ1n) is 10.8. The number of nitrogens with two attached hydrogens (primary N) is 1. The van der Waals surface area contributed by atoms with Crippen molar-refractivity contribution in [2.45, 2.75) is 45.6 Å². The first-order chi connectivity index (χ1) is 15.3. The number of hydrogen-bond acceptors (Lipinski definition) is 6. The molecule has 0 saturated carbocycles. The number of hydrogen-bond donors (Lipinski definition) is 3. The van der Waals surface area contributed by atoms with Crippen molar-refractivity contribution in [3.63, 3.8) is 0 Å². The Bertz CT molecular complexity index is 849. The number of aliphatic hydroxyl groups is 1. The van der Waals surface area contributed by atoms with Crippen LogP contribution in [0.25, 0.3) is 0 Å². The summed E-state index contributed by atoms with van der Waals surface area (Å²) in [6.07, 6.45) is 2.18. The fourth-order valence-corrected chi connectivity index (χ4v) is 3.76. The Labute approximate surface area is 200 Å². The molecular formula is C24H32Cl2N2O4. The first kappa shape index (κ1) is 26.3. The Balaban J connectivity index is 1.50. The maximum Gasteiger partial charge on any atom is 0.305 e. The van der Waals surface area contributed by atoms with Gasteiger partial charge in [-0.1, -0.05) is 35.7 Å². The molecule has 0 aromatic heterocycles. The number of carbonyl (C=O) groups excluding carboxylic acids is 1. The normalized spacial score (nSPS) is 11.9. The van der Waals surface area contributed by atoms with Gasteiger partial charge in [-0.05, 0) is 74.2 Å². The van der Waals surface area contributed by atoms with Crippen LogP contribution in [0.5, 0.6) is 5.75 Å². The van der Waals surface area contributed by atoms with Gasteiger partial charge in [0, 0.05) is 13.0 Å². The second-order valence-corrected chi connectivity index (χ2v) is 8.64. The number of carbonyl (C=O) groups is 1. The quantitative estimate of drug-likeness (QED) is 0.211. The summed E-state index contributed by atoms with van der Waals surface area (Å²) in [7, 11) is 0. The SMILES string of the molecule is Cc1cc(C)cc(OCCOC(=O)CCCCCNCC(O)c2cc(Cl)c(N)c(Cl)c2)c1. The van der Waals surface area contributed by atoms with Crippen LogP contribution in [0.15, 0.2) is 30.3 Å². The number of nitrogen functional groups attached to an aromatic ring is 1. The molecule has 176 valence electrons. The topological polar surface area (TPSA) is 93.8 Å². The van der Waals surface area contributed by atoms with Gasteiger partial charge in [0.15, 0.2) is 0 Å². The summed E-state index contributed by atoms with van der Waals surface area (Å²) in [6.45, 7) is 5.72. The minimum Gasteiger partial charge on any atom is -0.490 e. The third-order valence-electron chi connectivity index (χ3n) is 4.87. The molecule has 0 radical (unpaired) electrons. The van der Waals surface area contributed by atoms with Crippen LogP contribution in [0.4, 0.5) is 5.69 Å². The average molecular weight is 483 g/mol. The lowest BCUT2D eigenvalue weighted by molar-refractivity contribution is -0.144. The summed E-state index contributed by atoms with van der Waals surface area (Å²) >= 11 is 12.0. The Kier molecular flexibility index (Phi) is 11.1. The summed E-state index contributed by atoms with van der Waals surface area (Å²) in [6, 6.07) is 9.24. The molecule has 4 N–H and O–H groups in total. The van der Waals surface area contributed by atoms with Crippen LogP contribution in [0.3, 0.4) is 0 Å². The van der Waals surface area contributed by atoms with E-state index in [4.69, 9.17) is 38.4 Å². The minimum atomic E-state index is -0.730. The van der Waals surface area contributed by atoms with Crippen LogP contribution >= 0.6 is 23.2 Å². The molecule has 0 bridgehead atoms. The van der Waals surface area contributed by atoms with Crippen LogP contribution in [0.2, 0.25) is 10.0 Å². The van der Waals surface area contributed by atoms with Crippen molar-refractivity contribution in [1.29, 1.82) is 0 Å². The molecule has 1 atom stereocenters. The van der Waals surface area contributed by atoms with E-state index < -0.39 is 6.10 Å². The maximum absolute atomic E-state index is 11.8. The molecule has 8 heteroatoms. The maximum atomic E-state index is 11.8. The molecule has 2 aromatic carbocycles. The lowest BCUT2D eigenvalue weighted by atomic mass is 10.1. The number of anilines is 1. The lowest BCUT2D eigenvalue weighted by Crippen LogP contribution is -2.22. The van der Waals surface area contributed by atoms with Gasteiger partial charge in [-0.25, -0.2) is 0 Å². The number of aliphatic hydroxyl groups excluding tert-OH is 1. The predicted octanol–water partition coefficient (Wildman–Crippen LogP) is 5.00. The zero-order valence-electron chi connectivity index (χ0n) is 18.6. The molecule has 6 nitrogen and oxygen atoms in total. The van der Waals surface area contributed by atoms with Gasteiger partial charge in [0.05, 0.1) is 21.8 Å². The highest BCUT2D eigenvalue weighted by atomic mass is 35.5. The third-order valence-corrected chi connectivity index (χ3v) is 5.49. The molecular weight excluding hydrogens is 451 g/mol. The molecule has 2 aromatic rings. The van der Waals surface area contributed by atoms with Crippen molar-refractivity contribution in [2.24, 2.45) is 0 Å². The van der Waals surface area contributed by atoms with E-state index in [1.54, 1.807) is 12.1 Å². The Hall–Kier alpha value is -1.99. The van der Waals surface area contributed by atoms with Crippen LogP contribution in [-0.4, -0.2) is 37.4 Å². The lowest BCUT2D eigenvalue weighted by Gasteiger charge is -2.14. The summed E-state index contributed by atoms with van der Waals surface area (Å²) in [5.41, 5.74) is 8.91. The number of esters is 1. The van der Waals surface area contributed by atoms with Gasteiger partial charge < -0.3 is 25.6 Å². The zero-order chi connectivity index (χ0) is 23.5. The van der Waals surface area contributed by atoms with Gasteiger partial charge in [-0.15, -0.1) is 0 Å². The summed E-state index contributed by atoms with van der Waals surface area (Å²) in [5.74, 6) is 0.577. The number of aryl methyl sites for hydroxylation is 2. The highest BCUT2D eigenvalue weighted by molar-refractivity contribution is 6.38. The molecule has 0 aliphatic rings. The number of benzene rings is 2. The monoisotopic (exact) mass is 482 g/mol. The van der Waals surface area contributed by atoms with E-state index >= 15 is 0 Å². The number of ether oxygens (including phenoxy) is 2. The van der Waals surface area contributed by atoms with Crippen molar-refractivity contribution >= 4 is 34.9 Å². The van der Waals surface area contributed by atoms with Crippen LogP contribution in [-0.2, 0) is 9.53 Å². The molecule has 2 rings (SSSR count). The van der Waals surface area contributed by atoms with Crippen molar-refractivity contribution in [3.05, 3.63) is 57.1 Å². The number of rotatable bonds is 13. The highest BCUT2D eigenvalue weighted by Crippen LogP contribution is 2.31. The average Bonchev–Trinajstić information content (AvgIpc) is 2.73. The van der Waals surface area contributed by atoms with E-state index in [0.29, 0.717) is 40.9 Å². The molecule has 1 unspecified atom stereocenters. The van der Waals surface area contributed by atoms with Gasteiger partial charge in [0.2, 0.25) is 0 Å². The molecule has 0 spiro atoms. The largest absolute Gasteiger partial charge is 0.490 e. The van der Waals surface area contributed by atoms with Gasteiger partial charge in [-0.2, -0.15) is 0 Å². The minimum absolute atomic E-state index is 0.213. The van der Waals surface area contributed by atoms with E-state index in [0.717, 1.165) is 42.7 Å². The summed E-state index contributed by atoms with van der Waals surface area (Å²) in [5, 5.41) is 14.1. The molecule has 0 fully saturated rings. The second-order valence-electron chi connectivity index (χ2n) is 7.82. The number of halogens is 2. The van der Waals surface area contributed by atoms with E-state index in [2.05, 4.69) is 11.4 Å². The van der Waals surface area contributed by atoms with Crippen molar-refractivity contribution in [1.82, 2.24) is 5.32 Å². The molecule has 0 saturated heterocycles. The molecule has 0 heterocycles. The Morgan fingerprint density at radius 2 is 1.69 bits per heavy atom. The Morgan fingerprint density at radius 1 is 1.03 bits per heavy atom. The van der Waals surface area contributed by atoms with Gasteiger partial charge in [0.1, 0.15) is 19.0 Å². The standard InChI is InChI=1S/C24H32Cl2N2O4/c1-16-10-17(2)12-19(11-16)31-8-9-32-23(30)6-4-3-5-7-28-15-22(29)18-13-20(25)24(27)21(26)14-18/h10-14,22,28-29H,3-9,15,27H2,1-2H3. The summed E-state index contributed by atoms with van der Waals surface area (Å²) in [4.78, 5) is 11.8. The van der Waals surface area contributed by atoms with E-state index in [1.165, 1.54) is 0 Å². The molecule has 0 amide bonds. The fourth-order valence-electron chi connectivity index (χ4n) is 3.25. The molecule has 32 heavy (non-hydrogen) atoms. The second kappa shape index (κ2) is 13.5. The predicted molar refractivity (Wildman–Crippen MR) is 130 cm³/mol. The van der Waals surface area contributed by atoms with Crippen LogP contribution in [0.1, 0.15) is 48.5 Å². The summed E-state index contributed by atoms with van der Waals surface area (Å²) < 4.78 is 10.8. The van der Waals surface area contributed by atoms with Crippen LogP contribution < -0.4 is 15.8 Å². The molecule has 0 aliphatic heterocycles. The van der Waals surface area contributed by atoms with Gasteiger partial charge in [0.25, 0.3) is 0 Å². The van der Waals surface area contributed by atoms with E-state index in [1.807, 2.05) is 26.0 Å². The van der Waals surface area contributed by atoms with Crippen molar-refractivity contribution in [2.75, 3.05) is 32.0 Å². The third kappa shape index (κ3) is 9.25. The van der Waals surface area contributed by atoms with Crippen molar-refractivity contribution in [3.8, 4) is 5.75 Å². The fraction of sp³-hybridized carbons (Fsp3) is 0.458. The van der Waals surface area contributed by atoms with Gasteiger partial charge in [-0.3, -0.25) is 4.79 Å². The van der Waals surface area contributed by atoms with Crippen molar-refractivity contribution < 1.29 is 19.4 Å². The number of unbranched alkanes of at least 4 members (excludes halogenated alkanes) is 2. The van der Waals surface area contributed by atoms with Gasteiger partial charge >= 0.3 is 5.97 Å². The van der Waals surface area contributed by atoms with E-state index in [-0.39, 0.29) is 12.6 Å². The first-order valence-corrected chi connectivity index (χ1v) is 11.5.